The number of nitrogens with zero attached hydrogens (tertiary/aromatic N) is 4. The zero-order chi connectivity index (χ0) is 21.2. The van der Waals surface area contributed by atoms with E-state index >= 15 is 0 Å². The second-order valence-electron chi connectivity index (χ2n) is 6.35. The second-order valence-corrected chi connectivity index (χ2v) is 7.66. The van der Waals surface area contributed by atoms with Crippen LogP contribution >= 0.6 is 11.8 Å². The van der Waals surface area contributed by atoms with E-state index in [-0.39, 0.29) is 0 Å². The van der Waals surface area contributed by atoms with Crippen molar-refractivity contribution in [3.8, 4) is 11.4 Å². The highest BCUT2D eigenvalue weighted by Gasteiger charge is 2.30. The summed E-state index contributed by atoms with van der Waals surface area (Å²) in [5.74, 6) is 0.800. The first-order chi connectivity index (χ1) is 13.7. The number of hydrogen-bond acceptors (Lipinski definition) is 5. The van der Waals surface area contributed by atoms with E-state index in [1.807, 2.05) is 43.5 Å². The molecule has 0 saturated heterocycles. The molecule has 0 atom stereocenters. The number of pyridine rings is 2. The number of hydrogen-bond donors (Lipinski definition) is 1. The van der Waals surface area contributed by atoms with Gasteiger partial charge in [-0.1, -0.05) is 6.92 Å². The second kappa shape index (κ2) is 8.28. The van der Waals surface area contributed by atoms with Crippen LogP contribution in [0.25, 0.3) is 17.0 Å². The van der Waals surface area contributed by atoms with Crippen LogP contribution in [0.2, 0.25) is 0 Å². The van der Waals surface area contributed by atoms with Crippen molar-refractivity contribution in [2.45, 2.75) is 31.8 Å². The number of alkyl halides is 3. The van der Waals surface area contributed by atoms with Crippen molar-refractivity contribution in [2.75, 3.05) is 5.75 Å². The van der Waals surface area contributed by atoms with E-state index in [2.05, 4.69) is 9.98 Å². The van der Waals surface area contributed by atoms with Crippen LogP contribution in [-0.2, 0) is 0 Å². The van der Waals surface area contributed by atoms with Crippen molar-refractivity contribution in [3.05, 3.63) is 53.6 Å². The minimum atomic E-state index is -4.57. The molecule has 3 aromatic rings. The molecule has 0 aliphatic rings. The van der Waals surface area contributed by atoms with Gasteiger partial charge in [0, 0.05) is 23.0 Å². The van der Waals surface area contributed by atoms with Crippen LogP contribution in [0.1, 0.15) is 18.2 Å². The molecule has 0 fully saturated rings. The molecular weight excluding hydrogens is 399 g/mol. The first-order valence-electron chi connectivity index (χ1n) is 8.86. The number of aryl methyl sites for hydroxylation is 2. The summed E-state index contributed by atoms with van der Waals surface area (Å²) in [5, 5.41) is 0. The topological polar surface area (TPSA) is 68.6 Å². The first kappa shape index (κ1) is 20.9. The Kier molecular flexibility index (Phi) is 5.97. The van der Waals surface area contributed by atoms with E-state index < -0.39 is 11.9 Å². The van der Waals surface area contributed by atoms with Crippen LogP contribution in [0, 0.1) is 13.8 Å². The van der Waals surface area contributed by atoms with Crippen LogP contribution < -0.4 is 5.73 Å². The zero-order valence-corrected chi connectivity index (χ0v) is 17.0. The SMILES string of the molecule is CCSc1cc(N=CC=C(N)C(F)(F)F)cnc1-c1nc2cc(C)ccn2c1C. The van der Waals surface area contributed by atoms with Crippen molar-refractivity contribution < 1.29 is 13.2 Å². The maximum atomic E-state index is 12.5. The molecule has 0 radical (unpaired) electrons. The molecule has 0 aliphatic carbocycles. The smallest absolute Gasteiger partial charge is 0.395 e. The number of aliphatic imine (C=N–C) groups is 1. The Morgan fingerprint density at radius 3 is 2.72 bits per heavy atom. The van der Waals surface area contributed by atoms with E-state index in [0.29, 0.717) is 5.69 Å². The molecule has 0 spiro atoms. The van der Waals surface area contributed by atoms with Gasteiger partial charge in [0.05, 0.1) is 11.9 Å². The predicted molar refractivity (Wildman–Crippen MR) is 111 cm³/mol. The summed E-state index contributed by atoms with van der Waals surface area (Å²) in [5.41, 5.74) is 8.60. The number of nitrogens with two attached hydrogens (primary N) is 1. The molecule has 3 aromatic heterocycles. The molecule has 2 N–H and O–H groups in total. The van der Waals surface area contributed by atoms with Gasteiger partial charge in [0.2, 0.25) is 0 Å². The average Bonchev–Trinajstić information content (AvgIpc) is 2.97. The Bertz CT molecular complexity index is 1100. The summed E-state index contributed by atoms with van der Waals surface area (Å²) >= 11 is 1.57. The van der Waals surface area contributed by atoms with E-state index in [1.54, 1.807) is 17.8 Å². The molecule has 0 saturated carbocycles. The van der Waals surface area contributed by atoms with Gasteiger partial charge in [0.1, 0.15) is 22.7 Å². The normalized spacial score (nSPS) is 13.0. The molecule has 0 aliphatic heterocycles. The van der Waals surface area contributed by atoms with Crippen LogP contribution in [0.3, 0.4) is 0 Å². The monoisotopic (exact) mass is 419 g/mol. The lowest BCUT2D eigenvalue weighted by atomic mass is 10.2. The highest BCUT2D eigenvalue weighted by atomic mass is 32.2. The van der Waals surface area contributed by atoms with E-state index in [0.717, 1.165) is 51.2 Å². The molecule has 3 rings (SSSR count). The van der Waals surface area contributed by atoms with E-state index in [4.69, 9.17) is 10.7 Å². The van der Waals surface area contributed by atoms with Gasteiger partial charge < -0.3 is 10.1 Å². The third-order valence-corrected chi connectivity index (χ3v) is 5.10. The number of rotatable bonds is 5. The van der Waals surface area contributed by atoms with Crippen molar-refractivity contribution in [2.24, 2.45) is 10.7 Å². The van der Waals surface area contributed by atoms with Gasteiger partial charge in [-0.25, -0.2) is 4.98 Å². The van der Waals surface area contributed by atoms with Crippen LogP contribution in [0.5, 0.6) is 0 Å². The standard InChI is InChI=1S/C20H20F3N5S/c1-4-29-15-10-14(25-7-5-16(24)20(21,22)23)11-26-19(15)18-13(3)28-8-6-12(2)9-17(28)27-18/h5-11H,4,24H2,1-3H3. The maximum Gasteiger partial charge on any atom is 0.430 e. The third kappa shape index (κ3) is 4.61. The van der Waals surface area contributed by atoms with Crippen molar-refractivity contribution in [1.29, 1.82) is 0 Å². The minimum absolute atomic E-state index is 0.438. The molecule has 29 heavy (non-hydrogen) atoms. The summed E-state index contributed by atoms with van der Waals surface area (Å²) in [6.45, 7) is 5.99. The summed E-state index contributed by atoms with van der Waals surface area (Å²) in [6, 6.07) is 5.80. The van der Waals surface area contributed by atoms with Crippen molar-refractivity contribution in [1.82, 2.24) is 14.4 Å². The van der Waals surface area contributed by atoms with Crippen LogP contribution in [0.4, 0.5) is 18.9 Å². The Morgan fingerprint density at radius 2 is 2.03 bits per heavy atom. The lowest BCUT2D eigenvalue weighted by Gasteiger charge is -2.07. The highest BCUT2D eigenvalue weighted by Crippen LogP contribution is 2.34. The molecule has 3 heterocycles. The Labute approximate surface area is 170 Å². The van der Waals surface area contributed by atoms with Gasteiger partial charge in [-0.2, -0.15) is 13.2 Å². The summed E-state index contributed by atoms with van der Waals surface area (Å²) in [7, 11) is 0. The average molecular weight is 419 g/mol. The number of fused-ring (bicyclic) bond motifs is 1. The Balaban J connectivity index is 2.00. The maximum absolute atomic E-state index is 12.5. The lowest BCUT2D eigenvalue weighted by molar-refractivity contribution is -0.0925. The fourth-order valence-corrected chi connectivity index (χ4v) is 3.54. The largest absolute Gasteiger partial charge is 0.430 e. The third-order valence-electron chi connectivity index (χ3n) is 4.19. The first-order valence-corrected chi connectivity index (χ1v) is 9.84. The van der Waals surface area contributed by atoms with Gasteiger partial charge in [-0.15, -0.1) is 11.8 Å². The zero-order valence-electron chi connectivity index (χ0n) is 16.2. The molecule has 5 nitrogen and oxygen atoms in total. The summed E-state index contributed by atoms with van der Waals surface area (Å²) in [4.78, 5) is 14.1. The van der Waals surface area contributed by atoms with Crippen LogP contribution in [-0.4, -0.2) is 32.5 Å². The molecular formula is C20H20F3N5S. The number of halogens is 3. The van der Waals surface area contributed by atoms with Crippen LogP contribution in [0.15, 0.2) is 52.3 Å². The fourth-order valence-electron chi connectivity index (χ4n) is 2.74. The highest BCUT2D eigenvalue weighted by molar-refractivity contribution is 7.99. The van der Waals surface area contributed by atoms with Gasteiger partial charge >= 0.3 is 6.18 Å². The van der Waals surface area contributed by atoms with Gasteiger partial charge in [0.25, 0.3) is 0 Å². The molecule has 152 valence electrons. The van der Waals surface area contributed by atoms with Gasteiger partial charge in [0.15, 0.2) is 0 Å². The quantitative estimate of drug-likeness (QED) is 0.454. The van der Waals surface area contributed by atoms with E-state index in [9.17, 15) is 13.2 Å². The number of aromatic nitrogens is 3. The molecule has 0 unspecified atom stereocenters. The molecule has 0 bridgehead atoms. The van der Waals surface area contributed by atoms with Crippen molar-refractivity contribution in [3.63, 3.8) is 0 Å². The number of imidazole rings is 1. The minimum Gasteiger partial charge on any atom is -0.395 e. The van der Waals surface area contributed by atoms with Gasteiger partial charge in [-0.3, -0.25) is 9.98 Å². The van der Waals surface area contributed by atoms with E-state index in [1.165, 1.54) is 6.20 Å². The number of allylic oxidation sites excluding steroid dienone is 2. The fraction of sp³-hybridized carbons (Fsp3) is 0.250. The summed E-state index contributed by atoms with van der Waals surface area (Å²) < 4.78 is 39.4. The Hall–Kier alpha value is -2.81. The summed E-state index contributed by atoms with van der Waals surface area (Å²) in [6.07, 6.45) is 0.668. The van der Waals surface area contributed by atoms with Crippen molar-refractivity contribution >= 4 is 29.3 Å². The molecule has 0 amide bonds. The lowest BCUT2D eigenvalue weighted by Crippen LogP contribution is -2.19. The predicted octanol–water partition coefficient (Wildman–Crippen LogP) is 5.23. The molecule has 9 heteroatoms. The molecule has 0 aromatic carbocycles. The van der Waals surface area contributed by atoms with Gasteiger partial charge in [-0.05, 0) is 49.4 Å². The number of thioether (sulfide) groups is 1. The Morgan fingerprint density at radius 1 is 1.28 bits per heavy atom.